The van der Waals surface area contributed by atoms with Crippen molar-refractivity contribution in [1.29, 1.82) is 0 Å². The lowest BCUT2D eigenvalue weighted by atomic mass is 10.0. The highest BCUT2D eigenvalue weighted by Gasteiger charge is 2.30. The quantitative estimate of drug-likeness (QED) is 0.788. The lowest BCUT2D eigenvalue weighted by Crippen LogP contribution is -2.39. The lowest BCUT2D eigenvalue weighted by molar-refractivity contribution is 0.0941. The summed E-state index contributed by atoms with van der Waals surface area (Å²) in [4.78, 5) is 12.6. The van der Waals surface area contributed by atoms with E-state index in [1.165, 1.54) is 6.07 Å². The van der Waals surface area contributed by atoms with Gasteiger partial charge in [0.05, 0.1) is 4.90 Å². The Morgan fingerprint density at radius 3 is 2.42 bits per heavy atom. The van der Waals surface area contributed by atoms with Crippen molar-refractivity contribution in [3.8, 4) is 0 Å². The molecule has 1 fully saturated rings. The number of hydrogen-bond donors (Lipinski definition) is 2. The van der Waals surface area contributed by atoms with Crippen LogP contribution in [0.25, 0.3) is 0 Å². The number of nitrogens with two attached hydrogens (primary N) is 1. The molecule has 3 N–H and O–H groups in total. The standard InChI is InChI=1S/C18H29N3O3S.ClH/c1-12-5-7-21(8-6-12)25(23,24)17-10-16(9-13(2)15(17)4)18(22)20-14(3)11-19;/h9-10,12,14H,5-8,11,19H2,1-4H3,(H,20,22);1H/t14-;/m0./s1. The topological polar surface area (TPSA) is 92.5 Å². The van der Waals surface area contributed by atoms with Gasteiger partial charge in [-0.15, -0.1) is 12.4 Å². The maximum absolute atomic E-state index is 13.1. The van der Waals surface area contributed by atoms with Crippen molar-refractivity contribution in [3.63, 3.8) is 0 Å². The van der Waals surface area contributed by atoms with Crippen molar-refractivity contribution in [1.82, 2.24) is 9.62 Å². The number of amides is 1. The van der Waals surface area contributed by atoms with E-state index in [4.69, 9.17) is 5.73 Å². The fourth-order valence-electron chi connectivity index (χ4n) is 2.96. The highest BCUT2D eigenvalue weighted by Crippen LogP contribution is 2.28. The van der Waals surface area contributed by atoms with Gasteiger partial charge >= 0.3 is 0 Å². The Morgan fingerprint density at radius 2 is 1.88 bits per heavy atom. The smallest absolute Gasteiger partial charge is 0.251 e. The van der Waals surface area contributed by atoms with Gasteiger partial charge in [0.15, 0.2) is 0 Å². The summed E-state index contributed by atoms with van der Waals surface area (Å²) in [7, 11) is -3.60. The Kier molecular flexibility index (Phi) is 8.07. The van der Waals surface area contributed by atoms with Crippen LogP contribution in [0, 0.1) is 19.8 Å². The molecule has 1 aromatic carbocycles. The van der Waals surface area contributed by atoms with Crippen LogP contribution in [-0.2, 0) is 10.0 Å². The SMILES string of the molecule is Cc1cc(C(=O)N[C@@H](C)CN)cc(S(=O)(=O)N2CCC(C)CC2)c1C.Cl. The molecule has 8 heteroatoms. The first kappa shape index (κ1) is 22.9. The van der Waals surface area contributed by atoms with Gasteiger partial charge in [-0.2, -0.15) is 4.31 Å². The molecule has 0 aromatic heterocycles. The average molecular weight is 404 g/mol. The number of nitrogens with zero attached hydrogens (tertiary/aromatic N) is 1. The first-order chi connectivity index (χ1) is 11.7. The van der Waals surface area contributed by atoms with E-state index in [1.807, 2.05) is 13.8 Å². The maximum atomic E-state index is 13.1. The minimum Gasteiger partial charge on any atom is -0.348 e. The molecule has 1 saturated heterocycles. The van der Waals surface area contributed by atoms with E-state index in [1.54, 1.807) is 17.3 Å². The molecule has 26 heavy (non-hydrogen) atoms. The van der Waals surface area contributed by atoms with Gasteiger partial charge in [-0.05, 0) is 62.8 Å². The second-order valence-electron chi connectivity index (χ2n) is 7.11. The molecule has 6 nitrogen and oxygen atoms in total. The summed E-state index contributed by atoms with van der Waals surface area (Å²) in [6, 6.07) is 3.05. The third kappa shape index (κ3) is 4.97. The number of carbonyl (C=O) groups excluding carboxylic acids is 1. The Hall–Kier alpha value is -1.15. The molecule has 1 atom stereocenters. The zero-order valence-corrected chi connectivity index (χ0v) is 17.5. The van der Waals surface area contributed by atoms with Crippen LogP contribution in [0.1, 0.15) is 48.2 Å². The molecule has 1 heterocycles. The number of benzene rings is 1. The molecule has 0 bridgehead atoms. The van der Waals surface area contributed by atoms with Crippen molar-refractivity contribution in [2.75, 3.05) is 19.6 Å². The molecular formula is C18H30ClN3O3S. The van der Waals surface area contributed by atoms with E-state index < -0.39 is 10.0 Å². The Labute approximate surface area is 163 Å². The van der Waals surface area contributed by atoms with E-state index in [0.29, 0.717) is 36.7 Å². The van der Waals surface area contributed by atoms with Crippen LogP contribution in [-0.4, -0.2) is 44.3 Å². The largest absolute Gasteiger partial charge is 0.348 e. The molecule has 0 unspecified atom stereocenters. The zero-order chi connectivity index (χ0) is 18.8. The summed E-state index contributed by atoms with van der Waals surface area (Å²) < 4.78 is 27.7. The molecule has 0 spiro atoms. The highest BCUT2D eigenvalue weighted by molar-refractivity contribution is 7.89. The molecule has 0 radical (unpaired) electrons. The van der Waals surface area contributed by atoms with Crippen LogP contribution in [0.2, 0.25) is 0 Å². The molecule has 1 amide bonds. The predicted octanol–water partition coefficient (Wildman–Crippen LogP) is 2.22. The predicted molar refractivity (Wildman–Crippen MR) is 106 cm³/mol. The normalized spacial score (nSPS) is 17.4. The van der Waals surface area contributed by atoms with Gasteiger partial charge in [0.25, 0.3) is 5.91 Å². The summed E-state index contributed by atoms with van der Waals surface area (Å²) in [5, 5.41) is 2.78. The van der Waals surface area contributed by atoms with Crippen LogP contribution in [0.15, 0.2) is 17.0 Å². The molecular weight excluding hydrogens is 374 g/mol. The number of rotatable bonds is 5. The summed E-state index contributed by atoms with van der Waals surface area (Å²) >= 11 is 0. The number of piperidine rings is 1. The first-order valence-corrected chi connectivity index (χ1v) is 10.2. The number of hydrogen-bond acceptors (Lipinski definition) is 4. The highest BCUT2D eigenvalue weighted by atomic mass is 35.5. The summed E-state index contributed by atoms with van der Waals surface area (Å²) in [5.41, 5.74) is 7.38. The number of nitrogens with one attached hydrogen (secondary N) is 1. The average Bonchev–Trinajstić information content (AvgIpc) is 2.57. The van der Waals surface area contributed by atoms with Gasteiger partial charge in [-0.25, -0.2) is 8.42 Å². The molecule has 0 aliphatic carbocycles. The number of sulfonamides is 1. The van der Waals surface area contributed by atoms with Crippen LogP contribution in [0.5, 0.6) is 0 Å². The molecule has 1 aromatic rings. The Bertz CT molecular complexity index is 744. The van der Waals surface area contributed by atoms with E-state index in [9.17, 15) is 13.2 Å². The molecule has 1 aliphatic rings. The van der Waals surface area contributed by atoms with E-state index in [2.05, 4.69) is 12.2 Å². The van der Waals surface area contributed by atoms with Crippen molar-refractivity contribution in [2.45, 2.75) is 51.5 Å². The molecule has 1 aliphatic heterocycles. The first-order valence-electron chi connectivity index (χ1n) is 8.79. The van der Waals surface area contributed by atoms with E-state index in [-0.39, 0.29) is 29.3 Å². The van der Waals surface area contributed by atoms with Gasteiger partial charge in [0, 0.05) is 31.2 Å². The second kappa shape index (κ2) is 9.17. The van der Waals surface area contributed by atoms with Crippen molar-refractivity contribution >= 4 is 28.3 Å². The summed E-state index contributed by atoms with van der Waals surface area (Å²) in [5.74, 6) is 0.244. The lowest BCUT2D eigenvalue weighted by Gasteiger charge is -2.30. The van der Waals surface area contributed by atoms with Gasteiger partial charge < -0.3 is 11.1 Å². The zero-order valence-electron chi connectivity index (χ0n) is 15.9. The summed E-state index contributed by atoms with van der Waals surface area (Å²) in [6.45, 7) is 8.96. The van der Waals surface area contributed by atoms with Gasteiger partial charge in [0.2, 0.25) is 10.0 Å². The van der Waals surface area contributed by atoms with Crippen molar-refractivity contribution in [2.24, 2.45) is 11.7 Å². The van der Waals surface area contributed by atoms with E-state index >= 15 is 0 Å². The van der Waals surface area contributed by atoms with Crippen LogP contribution in [0.3, 0.4) is 0 Å². The third-order valence-corrected chi connectivity index (χ3v) is 7.00. The third-order valence-electron chi connectivity index (χ3n) is 4.97. The number of halogens is 1. The number of carbonyl (C=O) groups is 1. The number of aryl methyl sites for hydroxylation is 1. The monoisotopic (exact) mass is 403 g/mol. The second-order valence-corrected chi connectivity index (χ2v) is 9.02. The van der Waals surface area contributed by atoms with Crippen LogP contribution < -0.4 is 11.1 Å². The molecule has 0 saturated carbocycles. The summed E-state index contributed by atoms with van der Waals surface area (Å²) in [6.07, 6.45) is 1.73. The fraction of sp³-hybridized carbons (Fsp3) is 0.611. The van der Waals surface area contributed by atoms with Gasteiger partial charge in [0.1, 0.15) is 0 Å². The Morgan fingerprint density at radius 1 is 1.31 bits per heavy atom. The Balaban J connectivity index is 0.00000338. The van der Waals surface area contributed by atoms with Crippen molar-refractivity contribution in [3.05, 3.63) is 28.8 Å². The van der Waals surface area contributed by atoms with Gasteiger partial charge in [-0.3, -0.25) is 4.79 Å². The van der Waals surface area contributed by atoms with Gasteiger partial charge in [-0.1, -0.05) is 6.92 Å². The fourth-order valence-corrected chi connectivity index (χ4v) is 4.75. The molecule has 2 rings (SSSR count). The minimum absolute atomic E-state index is 0. The molecule has 148 valence electrons. The van der Waals surface area contributed by atoms with Crippen LogP contribution >= 0.6 is 12.4 Å². The maximum Gasteiger partial charge on any atom is 0.251 e. The van der Waals surface area contributed by atoms with Crippen molar-refractivity contribution < 1.29 is 13.2 Å². The minimum atomic E-state index is -3.60. The van der Waals surface area contributed by atoms with E-state index in [0.717, 1.165) is 18.4 Å². The van der Waals surface area contributed by atoms with Crippen LogP contribution in [0.4, 0.5) is 0 Å².